The van der Waals surface area contributed by atoms with E-state index in [-0.39, 0.29) is 0 Å². The van der Waals surface area contributed by atoms with Crippen molar-refractivity contribution < 1.29 is 4.79 Å². The van der Waals surface area contributed by atoms with Crippen molar-refractivity contribution in [3.8, 4) is 0 Å². The molecule has 2 fully saturated rings. The number of carbonyl (C=O) groups excluding carboxylic acids is 1. The number of nitrogens with one attached hydrogen (secondary N) is 1. The lowest BCUT2D eigenvalue weighted by Gasteiger charge is -2.25. The van der Waals surface area contributed by atoms with Gasteiger partial charge in [-0.2, -0.15) is 0 Å². The minimum absolute atomic E-state index is 0.405. The van der Waals surface area contributed by atoms with E-state index in [1.807, 2.05) is 0 Å². The molecule has 0 atom stereocenters. The molecular formula is C15H28N2O. The summed E-state index contributed by atoms with van der Waals surface area (Å²) in [5.41, 5.74) is 0. The van der Waals surface area contributed by atoms with Gasteiger partial charge in [-0.3, -0.25) is 4.79 Å². The third-order valence-corrected chi connectivity index (χ3v) is 4.25. The lowest BCUT2D eigenvalue weighted by atomic mass is 9.93. The third kappa shape index (κ3) is 4.60. The van der Waals surface area contributed by atoms with E-state index in [0.717, 1.165) is 57.3 Å². The molecule has 0 radical (unpaired) electrons. The largest absolute Gasteiger partial charge is 0.342 e. The molecule has 0 aromatic carbocycles. The van der Waals surface area contributed by atoms with Crippen LogP contribution in [0.5, 0.6) is 0 Å². The summed E-state index contributed by atoms with van der Waals surface area (Å²) in [6.45, 7) is 6.43. The fourth-order valence-electron chi connectivity index (χ4n) is 2.86. The summed E-state index contributed by atoms with van der Waals surface area (Å²) in [6.07, 6.45) is 8.14. The zero-order valence-corrected chi connectivity index (χ0v) is 11.8. The Hall–Kier alpha value is -0.570. The number of piperidine rings is 1. The zero-order valence-electron chi connectivity index (χ0n) is 11.8. The molecule has 2 aliphatic rings. The summed E-state index contributed by atoms with van der Waals surface area (Å²) in [4.78, 5) is 14.4. The first-order chi connectivity index (χ1) is 8.79. The molecule has 1 N–H and O–H groups in total. The molecular weight excluding hydrogens is 224 g/mol. The molecule has 1 saturated heterocycles. The van der Waals surface area contributed by atoms with E-state index in [9.17, 15) is 4.79 Å². The Kier molecular flexibility index (Phi) is 5.48. The molecule has 0 unspecified atom stereocenters. The summed E-state index contributed by atoms with van der Waals surface area (Å²) in [6, 6.07) is 0. The van der Waals surface area contributed by atoms with Crippen LogP contribution >= 0.6 is 0 Å². The highest BCUT2D eigenvalue weighted by atomic mass is 16.2. The van der Waals surface area contributed by atoms with Crippen LogP contribution in [0.25, 0.3) is 0 Å². The number of carbonyl (C=O) groups is 1. The molecule has 0 aromatic heterocycles. The highest BCUT2D eigenvalue weighted by Crippen LogP contribution is 2.30. The molecule has 1 saturated carbocycles. The number of rotatable bonds is 7. The van der Waals surface area contributed by atoms with Crippen molar-refractivity contribution in [1.29, 1.82) is 0 Å². The van der Waals surface area contributed by atoms with Crippen LogP contribution in [0.1, 0.15) is 51.9 Å². The second-order valence-corrected chi connectivity index (χ2v) is 6.02. The smallest absolute Gasteiger partial charge is 0.222 e. The van der Waals surface area contributed by atoms with Crippen LogP contribution in [-0.2, 0) is 4.79 Å². The van der Waals surface area contributed by atoms with E-state index in [2.05, 4.69) is 17.1 Å². The summed E-state index contributed by atoms with van der Waals surface area (Å²) < 4.78 is 0. The van der Waals surface area contributed by atoms with Gasteiger partial charge in [-0.15, -0.1) is 0 Å². The summed E-state index contributed by atoms with van der Waals surface area (Å²) in [5.74, 6) is 2.00. The Balaban J connectivity index is 1.69. The number of hydrogen-bond acceptors (Lipinski definition) is 2. The predicted molar refractivity (Wildman–Crippen MR) is 74.4 cm³/mol. The first kappa shape index (κ1) is 13.9. The van der Waals surface area contributed by atoms with Crippen LogP contribution in [-0.4, -0.2) is 37.0 Å². The van der Waals surface area contributed by atoms with Gasteiger partial charge < -0.3 is 10.2 Å². The van der Waals surface area contributed by atoms with Crippen molar-refractivity contribution in [2.24, 2.45) is 11.8 Å². The van der Waals surface area contributed by atoms with Crippen molar-refractivity contribution >= 4 is 5.91 Å². The molecule has 2 rings (SSSR count). The van der Waals surface area contributed by atoms with Crippen molar-refractivity contribution in [2.45, 2.75) is 51.9 Å². The lowest BCUT2D eigenvalue weighted by Crippen LogP contribution is -2.34. The van der Waals surface area contributed by atoms with Crippen molar-refractivity contribution in [3.05, 3.63) is 0 Å². The van der Waals surface area contributed by atoms with Crippen LogP contribution in [0.15, 0.2) is 0 Å². The average Bonchev–Trinajstić information content (AvgIpc) is 3.21. The highest BCUT2D eigenvalue weighted by molar-refractivity contribution is 5.76. The first-order valence-electron chi connectivity index (χ1n) is 7.78. The molecule has 3 nitrogen and oxygen atoms in total. The molecule has 1 amide bonds. The molecule has 3 heteroatoms. The molecule has 1 heterocycles. The van der Waals surface area contributed by atoms with E-state index in [1.54, 1.807) is 0 Å². The fourth-order valence-corrected chi connectivity index (χ4v) is 2.86. The third-order valence-electron chi connectivity index (χ3n) is 4.25. The van der Waals surface area contributed by atoms with Crippen molar-refractivity contribution in [2.75, 3.05) is 26.2 Å². The maximum atomic E-state index is 12.2. The predicted octanol–water partition coefficient (Wildman–Crippen LogP) is 2.41. The molecule has 104 valence electrons. The molecule has 0 spiro atoms. The van der Waals surface area contributed by atoms with Gasteiger partial charge in [0.05, 0.1) is 0 Å². The first-order valence-corrected chi connectivity index (χ1v) is 7.78. The Labute approximate surface area is 111 Å². The molecule has 0 aromatic rings. The molecule has 1 aliphatic carbocycles. The second kappa shape index (κ2) is 7.13. The van der Waals surface area contributed by atoms with E-state index in [4.69, 9.17) is 0 Å². The Morgan fingerprint density at radius 2 is 1.89 bits per heavy atom. The standard InChI is InChI=1S/C15H28N2O/c1-2-11-17(12-14-3-4-14)15(18)6-5-13-7-9-16-10-8-13/h13-14,16H,2-12H2,1H3. The number of amides is 1. The van der Waals surface area contributed by atoms with Crippen molar-refractivity contribution in [1.82, 2.24) is 10.2 Å². The van der Waals surface area contributed by atoms with E-state index >= 15 is 0 Å². The summed E-state index contributed by atoms with van der Waals surface area (Å²) >= 11 is 0. The van der Waals surface area contributed by atoms with Gasteiger partial charge in [0.25, 0.3) is 0 Å². The van der Waals surface area contributed by atoms with Gasteiger partial charge in [-0.1, -0.05) is 6.92 Å². The lowest BCUT2D eigenvalue weighted by molar-refractivity contribution is -0.131. The van der Waals surface area contributed by atoms with E-state index in [0.29, 0.717) is 5.91 Å². The number of nitrogens with zero attached hydrogens (tertiary/aromatic N) is 1. The summed E-state index contributed by atoms with van der Waals surface area (Å²) in [5, 5.41) is 3.38. The van der Waals surface area contributed by atoms with Gasteiger partial charge in [0.2, 0.25) is 5.91 Å². The van der Waals surface area contributed by atoms with Gasteiger partial charge in [0.15, 0.2) is 0 Å². The minimum atomic E-state index is 0.405. The minimum Gasteiger partial charge on any atom is -0.342 e. The van der Waals surface area contributed by atoms with Crippen LogP contribution in [0.2, 0.25) is 0 Å². The normalized spacial score (nSPS) is 20.9. The summed E-state index contributed by atoms with van der Waals surface area (Å²) in [7, 11) is 0. The Morgan fingerprint density at radius 1 is 1.17 bits per heavy atom. The highest BCUT2D eigenvalue weighted by Gasteiger charge is 2.26. The van der Waals surface area contributed by atoms with Gasteiger partial charge in [0.1, 0.15) is 0 Å². The Bertz CT molecular complexity index is 257. The SMILES string of the molecule is CCCN(CC1CC1)C(=O)CCC1CCNCC1. The number of hydrogen-bond donors (Lipinski definition) is 1. The zero-order chi connectivity index (χ0) is 12.8. The van der Waals surface area contributed by atoms with Crippen LogP contribution < -0.4 is 5.32 Å². The molecule has 18 heavy (non-hydrogen) atoms. The van der Waals surface area contributed by atoms with Crippen molar-refractivity contribution in [3.63, 3.8) is 0 Å². The Morgan fingerprint density at radius 3 is 2.50 bits per heavy atom. The van der Waals surface area contributed by atoms with Gasteiger partial charge in [-0.25, -0.2) is 0 Å². The van der Waals surface area contributed by atoms with Gasteiger partial charge >= 0.3 is 0 Å². The monoisotopic (exact) mass is 252 g/mol. The van der Waals surface area contributed by atoms with Crippen LogP contribution in [0.4, 0.5) is 0 Å². The molecule has 0 bridgehead atoms. The van der Waals surface area contributed by atoms with E-state index in [1.165, 1.54) is 25.7 Å². The van der Waals surface area contributed by atoms with Crippen LogP contribution in [0.3, 0.4) is 0 Å². The topological polar surface area (TPSA) is 32.3 Å². The second-order valence-electron chi connectivity index (χ2n) is 6.02. The maximum Gasteiger partial charge on any atom is 0.222 e. The van der Waals surface area contributed by atoms with Gasteiger partial charge in [-0.05, 0) is 63.5 Å². The van der Waals surface area contributed by atoms with Gasteiger partial charge in [0, 0.05) is 19.5 Å². The quantitative estimate of drug-likeness (QED) is 0.754. The fraction of sp³-hybridized carbons (Fsp3) is 0.933. The average molecular weight is 252 g/mol. The maximum absolute atomic E-state index is 12.2. The molecule has 1 aliphatic heterocycles. The van der Waals surface area contributed by atoms with Crippen LogP contribution in [0, 0.1) is 11.8 Å². The van der Waals surface area contributed by atoms with E-state index < -0.39 is 0 Å².